The Morgan fingerprint density at radius 2 is 2.21 bits per heavy atom. The number of ether oxygens (including phenoxy) is 2. The van der Waals surface area contributed by atoms with Gasteiger partial charge in [-0.2, -0.15) is 0 Å². The number of rotatable bonds is 5. The summed E-state index contributed by atoms with van der Waals surface area (Å²) in [6, 6.07) is 3.39. The molecule has 2 heterocycles. The van der Waals surface area contributed by atoms with Gasteiger partial charge in [-0.1, -0.05) is 0 Å². The molecule has 0 aliphatic carbocycles. The van der Waals surface area contributed by atoms with Crippen LogP contribution in [0, 0.1) is 0 Å². The maximum absolute atomic E-state index is 12.4. The molecule has 0 radical (unpaired) electrons. The molecule has 134 valence electrons. The van der Waals surface area contributed by atoms with Gasteiger partial charge in [-0.3, -0.25) is 0 Å². The summed E-state index contributed by atoms with van der Waals surface area (Å²) >= 11 is 0. The monoisotopic (exact) mass is 336 g/mol. The molecule has 0 spiro atoms. The topological polar surface area (TPSA) is 71.9 Å². The van der Waals surface area contributed by atoms with Gasteiger partial charge in [0, 0.05) is 18.8 Å². The molecule has 6 nitrogen and oxygen atoms in total. The molecule has 24 heavy (non-hydrogen) atoms. The highest BCUT2D eigenvalue weighted by molar-refractivity contribution is 5.68. The molecule has 0 unspecified atom stereocenters. The number of aromatic hydroxyl groups is 1. The standard InChI is InChI=1S/C18H28N2O4/c1-18(2,3)24-17(22)20-12-5-4-8-14(20)9-7-13-23-16-15(21)10-6-11-19-16/h6,10-11,14,21H,4-5,7-9,12-13H2,1-3H3/t14-/m1/s1. The van der Waals surface area contributed by atoms with Gasteiger partial charge in [-0.25, -0.2) is 9.78 Å². The average molecular weight is 336 g/mol. The number of hydrogen-bond donors (Lipinski definition) is 1. The van der Waals surface area contributed by atoms with Gasteiger partial charge in [0.25, 0.3) is 5.88 Å². The Kier molecular flexibility index (Phi) is 6.29. The predicted octanol–water partition coefficient (Wildman–Crippen LogP) is 3.74. The van der Waals surface area contributed by atoms with Crippen LogP contribution in [-0.4, -0.2) is 45.9 Å². The van der Waals surface area contributed by atoms with Crippen molar-refractivity contribution in [2.75, 3.05) is 13.2 Å². The first-order valence-electron chi connectivity index (χ1n) is 8.63. The van der Waals surface area contributed by atoms with Crippen LogP contribution in [0.15, 0.2) is 18.3 Å². The zero-order valence-electron chi connectivity index (χ0n) is 14.8. The number of carbonyl (C=O) groups is 1. The Balaban J connectivity index is 1.81. The van der Waals surface area contributed by atoms with E-state index >= 15 is 0 Å². The fourth-order valence-electron chi connectivity index (χ4n) is 2.84. The van der Waals surface area contributed by atoms with Crippen molar-refractivity contribution in [3.8, 4) is 11.6 Å². The first-order chi connectivity index (χ1) is 11.4. The lowest BCUT2D eigenvalue weighted by Crippen LogP contribution is -2.46. The largest absolute Gasteiger partial charge is 0.503 e. The SMILES string of the molecule is CC(C)(C)OC(=O)N1CCCC[C@@H]1CCCOc1ncccc1O. The van der Waals surface area contributed by atoms with Crippen molar-refractivity contribution in [2.24, 2.45) is 0 Å². The van der Waals surface area contributed by atoms with E-state index in [1.54, 1.807) is 18.3 Å². The fraction of sp³-hybridized carbons (Fsp3) is 0.667. The van der Waals surface area contributed by atoms with Gasteiger partial charge in [-0.15, -0.1) is 0 Å². The molecule has 1 fully saturated rings. The summed E-state index contributed by atoms with van der Waals surface area (Å²) in [7, 11) is 0. The van der Waals surface area contributed by atoms with Gasteiger partial charge in [-0.05, 0) is 65.0 Å². The van der Waals surface area contributed by atoms with Crippen LogP contribution in [-0.2, 0) is 4.74 Å². The number of likely N-dealkylation sites (tertiary alicyclic amines) is 1. The van der Waals surface area contributed by atoms with Gasteiger partial charge < -0.3 is 19.5 Å². The van der Waals surface area contributed by atoms with Crippen molar-refractivity contribution in [1.82, 2.24) is 9.88 Å². The van der Waals surface area contributed by atoms with Crippen LogP contribution >= 0.6 is 0 Å². The molecular weight excluding hydrogens is 308 g/mol. The predicted molar refractivity (Wildman–Crippen MR) is 91.2 cm³/mol. The zero-order chi connectivity index (χ0) is 17.6. The summed E-state index contributed by atoms with van der Waals surface area (Å²) in [5, 5.41) is 9.62. The van der Waals surface area contributed by atoms with Crippen molar-refractivity contribution in [3.63, 3.8) is 0 Å². The van der Waals surface area contributed by atoms with Crippen molar-refractivity contribution >= 4 is 6.09 Å². The van der Waals surface area contributed by atoms with E-state index in [0.29, 0.717) is 6.61 Å². The lowest BCUT2D eigenvalue weighted by molar-refractivity contribution is 0.00822. The van der Waals surface area contributed by atoms with Crippen LogP contribution in [0.2, 0.25) is 0 Å². The number of amides is 1. The van der Waals surface area contributed by atoms with Crippen molar-refractivity contribution < 1.29 is 19.4 Å². The van der Waals surface area contributed by atoms with E-state index in [9.17, 15) is 9.90 Å². The van der Waals surface area contributed by atoms with E-state index in [0.717, 1.165) is 38.6 Å². The van der Waals surface area contributed by atoms with Gasteiger partial charge in [0.15, 0.2) is 5.75 Å². The summed E-state index contributed by atoms with van der Waals surface area (Å²) < 4.78 is 11.0. The molecule has 0 bridgehead atoms. The maximum Gasteiger partial charge on any atom is 0.410 e. The molecule has 2 rings (SSSR count). The highest BCUT2D eigenvalue weighted by Gasteiger charge is 2.30. The minimum atomic E-state index is -0.474. The van der Waals surface area contributed by atoms with Gasteiger partial charge in [0.2, 0.25) is 0 Å². The maximum atomic E-state index is 12.4. The quantitative estimate of drug-likeness (QED) is 0.829. The molecule has 1 aliphatic heterocycles. The van der Waals surface area contributed by atoms with Crippen LogP contribution in [0.1, 0.15) is 52.9 Å². The molecule has 6 heteroatoms. The zero-order valence-corrected chi connectivity index (χ0v) is 14.8. The van der Waals surface area contributed by atoms with Gasteiger partial charge >= 0.3 is 6.09 Å². The lowest BCUT2D eigenvalue weighted by Gasteiger charge is -2.36. The summed E-state index contributed by atoms with van der Waals surface area (Å²) in [5.74, 6) is 0.302. The summed E-state index contributed by atoms with van der Waals surface area (Å²) in [5.41, 5.74) is -0.474. The molecular formula is C18H28N2O4. The number of carbonyl (C=O) groups excluding carboxylic acids is 1. The number of nitrogens with zero attached hydrogens (tertiary/aromatic N) is 2. The highest BCUT2D eigenvalue weighted by Crippen LogP contribution is 2.24. The first-order valence-corrected chi connectivity index (χ1v) is 8.63. The van der Waals surface area contributed by atoms with Crippen LogP contribution < -0.4 is 4.74 Å². The third-order valence-corrected chi connectivity index (χ3v) is 3.93. The van der Waals surface area contributed by atoms with E-state index in [-0.39, 0.29) is 23.8 Å². The molecule has 0 aromatic carbocycles. The fourth-order valence-corrected chi connectivity index (χ4v) is 2.84. The number of hydrogen-bond acceptors (Lipinski definition) is 5. The molecule has 0 saturated carbocycles. The number of aromatic nitrogens is 1. The third-order valence-electron chi connectivity index (χ3n) is 3.93. The second-order valence-electron chi connectivity index (χ2n) is 7.14. The van der Waals surface area contributed by atoms with Crippen molar-refractivity contribution in [1.29, 1.82) is 0 Å². The van der Waals surface area contributed by atoms with Crippen molar-refractivity contribution in [3.05, 3.63) is 18.3 Å². The Morgan fingerprint density at radius 3 is 2.92 bits per heavy atom. The Hall–Kier alpha value is -1.98. The van der Waals surface area contributed by atoms with E-state index in [4.69, 9.17) is 9.47 Å². The van der Waals surface area contributed by atoms with E-state index in [2.05, 4.69) is 4.98 Å². The van der Waals surface area contributed by atoms with Crippen LogP contribution in [0.25, 0.3) is 0 Å². The van der Waals surface area contributed by atoms with Gasteiger partial charge in [0.1, 0.15) is 5.60 Å². The second-order valence-corrected chi connectivity index (χ2v) is 7.14. The second kappa shape index (κ2) is 8.22. The minimum Gasteiger partial charge on any atom is -0.503 e. The molecule has 1 atom stereocenters. The van der Waals surface area contributed by atoms with E-state index in [1.165, 1.54) is 0 Å². The van der Waals surface area contributed by atoms with Gasteiger partial charge in [0.05, 0.1) is 6.61 Å². The summed E-state index contributed by atoms with van der Waals surface area (Å²) in [4.78, 5) is 18.2. The minimum absolute atomic E-state index is 0.0468. The highest BCUT2D eigenvalue weighted by atomic mass is 16.6. The Morgan fingerprint density at radius 1 is 1.42 bits per heavy atom. The summed E-state index contributed by atoms with van der Waals surface area (Å²) in [6.07, 6.45) is 6.15. The lowest BCUT2D eigenvalue weighted by atomic mass is 9.98. The number of piperidine rings is 1. The van der Waals surface area contributed by atoms with E-state index in [1.807, 2.05) is 25.7 Å². The van der Waals surface area contributed by atoms with Crippen molar-refractivity contribution in [2.45, 2.75) is 64.5 Å². The first kappa shape index (κ1) is 18.4. The average Bonchev–Trinajstić information content (AvgIpc) is 2.52. The number of pyridine rings is 1. The smallest absolute Gasteiger partial charge is 0.410 e. The molecule has 1 aliphatic rings. The molecule has 1 aromatic heterocycles. The molecule has 1 aromatic rings. The third kappa shape index (κ3) is 5.58. The molecule has 1 N–H and O–H groups in total. The molecule has 1 amide bonds. The summed E-state index contributed by atoms with van der Waals surface area (Å²) in [6.45, 7) is 6.87. The van der Waals surface area contributed by atoms with E-state index < -0.39 is 5.60 Å². The van der Waals surface area contributed by atoms with Crippen LogP contribution in [0.4, 0.5) is 4.79 Å². The Labute approximate surface area is 143 Å². The molecule has 1 saturated heterocycles. The normalized spacial score (nSPS) is 18.3. The van der Waals surface area contributed by atoms with Crippen LogP contribution in [0.5, 0.6) is 11.6 Å². The van der Waals surface area contributed by atoms with Crippen LogP contribution in [0.3, 0.4) is 0 Å². The Bertz CT molecular complexity index is 542.